The Kier molecular flexibility index (Phi) is 6.65. The predicted octanol–water partition coefficient (Wildman–Crippen LogP) is 4.01. The second-order valence-corrected chi connectivity index (χ2v) is 7.76. The van der Waals surface area contributed by atoms with Crippen LogP contribution in [-0.4, -0.2) is 35.7 Å². The molecule has 9 heteroatoms. The fourth-order valence-corrected chi connectivity index (χ4v) is 3.50. The largest absolute Gasteiger partial charge is 0.508 e. The summed E-state index contributed by atoms with van der Waals surface area (Å²) >= 11 is 3.45. The lowest BCUT2D eigenvalue weighted by Crippen LogP contribution is -2.54. The van der Waals surface area contributed by atoms with Gasteiger partial charge in [-0.2, -0.15) is 0 Å². The van der Waals surface area contributed by atoms with Gasteiger partial charge in [-0.25, -0.2) is 9.69 Å². The molecule has 0 saturated carbocycles. The van der Waals surface area contributed by atoms with Crippen molar-refractivity contribution in [2.45, 2.75) is 26.9 Å². The number of ether oxygens (including phenoxy) is 2. The Hall–Kier alpha value is -3.33. The molecule has 1 fully saturated rings. The van der Waals surface area contributed by atoms with E-state index < -0.39 is 17.8 Å². The average molecular weight is 489 g/mol. The SMILES string of the molecule is CCOc1cc(/C=C2\C(=O)NC(=O)N(c3ccc(O)cc3)C2=O)cc(Br)c1OC(C)C. The van der Waals surface area contributed by atoms with E-state index in [2.05, 4.69) is 21.2 Å². The van der Waals surface area contributed by atoms with E-state index in [0.717, 1.165) is 4.90 Å². The van der Waals surface area contributed by atoms with E-state index >= 15 is 0 Å². The molecule has 3 rings (SSSR count). The van der Waals surface area contributed by atoms with Gasteiger partial charge < -0.3 is 14.6 Å². The number of carbonyl (C=O) groups is 3. The lowest BCUT2D eigenvalue weighted by Gasteiger charge is -2.26. The van der Waals surface area contributed by atoms with Crippen LogP contribution in [0.5, 0.6) is 17.2 Å². The van der Waals surface area contributed by atoms with Crippen LogP contribution >= 0.6 is 15.9 Å². The molecule has 4 amide bonds. The summed E-state index contributed by atoms with van der Waals surface area (Å²) in [5.41, 5.74) is 0.500. The number of phenols is 1. The maximum absolute atomic E-state index is 13.0. The second-order valence-electron chi connectivity index (χ2n) is 6.90. The maximum Gasteiger partial charge on any atom is 0.335 e. The smallest absolute Gasteiger partial charge is 0.335 e. The second kappa shape index (κ2) is 9.22. The lowest BCUT2D eigenvalue weighted by molar-refractivity contribution is -0.122. The molecule has 8 nitrogen and oxygen atoms in total. The maximum atomic E-state index is 13.0. The van der Waals surface area contributed by atoms with Crippen LogP contribution in [-0.2, 0) is 9.59 Å². The quantitative estimate of drug-likeness (QED) is 0.470. The van der Waals surface area contributed by atoms with E-state index in [0.29, 0.717) is 28.1 Å². The Morgan fingerprint density at radius 2 is 1.84 bits per heavy atom. The molecule has 0 unspecified atom stereocenters. The zero-order valence-corrected chi connectivity index (χ0v) is 18.7. The molecule has 1 aliphatic rings. The van der Waals surface area contributed by atoms with Gasteiger partial charge >= 0.3 is 6.03 Å². The first-order valence-electron chi connectivity index (χ1n) is 9.54. The van der Waals surface area contributed by atoms with Crippen LogP contribution in [0.15, 0.2) is 46.4 Å². The fraction of sp³-hybridized carbons (Fsp3) is 0.227. The van der Waals surface area contributed by atoms with Crippen LogP contribution in [0, 0.1) is 0 Å². The molecule has 31 heavy (non-hydrogen) atoms. The summed E-state index contributed by atoms with van der Waals surface area (Å²) in [7, 11) is 0. The van der Waals surface area contributed by atoms with E-state index in [1.54, 1.807) is 12.1 Å². The number of benzene rings is 2. The standard InChI is InChI=1S/C22H21BrN2O6/c1-4-30-18-11-13(10-17(23)19(18)31-12(2)3)9-16-20(27)24-22(29)25(21(16)28)14-5-7-15(26)8-6-14/h5-12,26H,4H2,1-3H3,(H,24,27,29)/b16-9+. The number of rotatable bonds is 6. The van der Waals surface area contributed by atoms with Crippen LogP contribution in [0.4, 0.5) is 10.5 Å². The Balaban J connectivity index is 2.02. The van der Waals surface area contributed by atoms with Gasteiger partial charge in [-0.3, -0.25) is 14.9 Å². The van der Waals surface area contributed by atoms with Gasteiger partial charge in [-0.05, 0) is 84.7 Å². The van der Waals surface area contributed by atoms with Crippen molar-refractivity contribution in [3.8, 4) is 17.2 Å². The normalized spacial score (nSPS) is 15.5. The number of nitrogens with zero attached hydrogens (tertiary/aromatic N) is 1. The number of hydrogen-bond donors (Lipinski definition) is 2. The summed E-state index contributed by atoms with van der Waals surface area (Å²) in [5, 5.41) is 11.6. The Morgan fingerprint density at radius 3 is 2.45 bits per heavy atom. The van der Waals surface area contributed by atoms with Crippen molar-refractivity contribution in [3.05, 3.63) is 52.0 Å². The number of amides is 4. The van der Waals surface area contributed by atoms with Crippen LogP contribution in [0.1, 0.15) is 26.3 Å². The molecule has 0 radical (unpaired) electrons. The Bertz CT molecular complexity index is 1060. The number of barbiturate groups is 1. The highest BCUT2D eigenvalue weighted by Crippen LogP contribution is 2.38. The number of imide groups is 2. The third-order valence-corrected chi connectivity index (χ3v) is 4.79. The minimum absolute atomic E-state index is 0.0162. The molecule has 2 N–H and O–H groups in total. The molecule has 0 aromatic heterocycles. The van der Waals surface area contributed by atoms with Gasteiger partial charge in [0.1, 0.15) is 11.3 Å². The van der Waals surface area contributed by atoms with Crippen molar-refractivity contribution in [1.82, 2.24) is 5.32 Å². The third kappa shape index (κ3) is 4.88. The first kappa shape index (κ1) is 22.4. The number of anilines is 1. The average Bonchev–Trinajstić information content (AvgIpc) is 2.69. The number of urea groups is 1. The van der Waals surface area contributed by atoms with Crippen molar-refractivity contribution in [1.29, 1.82) is 0 Å². The molecule has 1 saturated heterocycles. The van der Waals surface area contributed by atoms with Crippen molar-refractivity contribution < 1.29 is 29.0 Å². The zero-order valence-electron chi connectivity index (χ0n) is 17.1. The molecule has 1 aliphatic heterocycles. The molecule has 0 bridgehead atoms. The van der Waals surface area contributed by atoms with E-state index in [-0.39, 0.29) is 23.1 Å². The van der Waals surface area contributed by atoms with Gasteiger partial charge in [-0.1, -0.05) is 0 Å². The van der Waals surface area contributed by atoms with Gasteiger partial charge in [0.05, 0.1) is 22.9 Å². The molecule has 0 aliphatic carbocycles. The Morgan fingerprint density at radius 1 is 1.16 bits per heavy atom. The van der Waals surface area contributed by atoms with E-state index in [4.69, 9.17) is 9.47 Å². The van der Waals surface area contributed by atoms with Gasteiger partial charge in [0.15, 0.2) is 11.5 Å². The zero-order chi connectivity index (χ0) is 22.7. The highest BCUT2D eigenvalue weighted by molar-refractivity contribution is 9.10. The number of halogens is 1. The molecule has 2 aromatic rings. The summed E-state index contributed by atoms with van der Waals surface area (Å²) in [4.78, 5) is 38.5. The molecule has 0 spiro atoms. The highest BCUT2D eigenvalue weighted by atomic mass is 79.9. The highest BCUT2D eigenvalue weighted by Gasteiger charge is 2.36. The van der Waals surface area contributed by atoms with Gasteiger partial charge in [0.25, 0.3) is 11.8 Å². The molecule has 162 valence electrons. The van der Waals surface area contributed by atoms with E-state index in [1.165, 1.54) is 30.3 Å². The number of aromatic hydroxyl groups is 1. The van der Waals surface area contributed by atoms with Crippen LogP contribution in [0.25, 0.3) is 6.08 Å². The minimum Gasteiger partial charge on any atom is -0.508 e. The third-order valence-electron chi connectivity index (χ3n) is 4.21. The molecule has 1 heterocycles. The Labute approximate surface area is 187 Å². The summed E-state index contributed by atoms with van der Waals surface area (Å²) < 4.78 is 12.1. The summed E-state index contributed by atoms with van der Waals surface area (Å²) in [6.45, 7) is 6.00. The summed E-state index contributed by atoms with van der Waals surface area (Å²) in [5.74, 6) is -0.637. The van der Waals surface area contributed by atoms with E-state index in [1.807, 2.05) is 20.8 Å². The fourth-order valence-electron chi connectivity index (χ4n) is 2.94. The van der Waals surface area contributed by atoms with Crippen molar-refractivity contribution in [3.63, 3.8) is 0 Å². The molecular weight excluding hydrogens is 468 g/mol. The monoisotopic (exact) mass is 488 g/mol. The van der Waals surface area contributed by atoms with Crippen molar-refractivity contribution in [2.75, 3.05) is 11.5 Å². The first-order chi connectivity index (χ1) is 14.7. The van der Waals surface area contributed by atoms with Crippen LogP contribution in [0.3, 0.4) is 0 Å². The van der Waals surface area contributed by atoms with Crippen molar-refractivity contribution >= 4 is 45.5 Å². The van der Waals surface area contributed by atoms with Gasteiger partial charge in [-0.15, -0.1) is 0 Å². The van der Waals surface area contributed by atoms with Crippen LogP contribution in [0.2, 0.25) is 0 Å². The number of phenolic OH excluding ortho intramolecular Hbond substituents is 1. The lowest BCUT2D eigenvalue weighted by atomic mass is 10.1. The first-order valence-corrected chi connectivity index (χ1v) is 10.3. The molecular formula is C22H21BrN2O6. The molecule has 2 aromatic carbocycles. The topological polar surface area (TPSA) is 105 Å². The molecule has 0 atom stereocenters. The van der Waals surface area contributed by atoms with Crippen molar-refractivity contribution in [2.24, 2.45) is 0 Å². The number of hydrogen-bond acceptors (Lipinski definition) is 6. The van der Waals surface area contributed by atoms with Gasteiger partial charge in [0.2, 0.25) is 0 Å². The predicted molar refractivity (Wildman–Crippen MR) is 118 cm³/mol. The minimum atomic E-state index is -0.866. The summed E-state index contributed by atoms with van der Waals surface area (Å²) in [6.07, 6.45) is 1.29. The van der Waals surface area contributed by atoms with Gasteiger partial charge in [0, 0.05) is 0 Å². The van der Waals surface area contributed by atoms with E-state index in [9.17, 15) is 19.5 Å². The van der Waals surface area contributed by atoms with Crippen LogP contribution < -0.4 is 19.7 Å². The number of carbonyl (C=O) groups excluding carboxylic acids is 3. The summed E-state index contributed by atoms with van der Waals surface area (Å²) in [6, 6.07) is 7.97. The number of nitrogens with one attached hydrogen (secondary N) is 1.